The van der Waals surface area contributed by atoms with Crippen LogP contribution < -0.4 is 5.32 Å². The molecule has 2 rings (SSSR count). The van der Waals surface area contributed by atoms with Crippen LogP contribution in [-0.4, -0.2) is 42.8 Å². The van der Waals surface area contributed by atoms with Crippen molar-refractivity contribution in [3.05, 3.63) is 35.4 Å². The highest BCUT2D eigenvalue weighted by molar-refractivity contribution is 5.22. The SMILES string of the molecule is OCCC(c1cc(F)ccc1F)N1CCNCC1. The van der Waals surface area contributed by atoms with Crippen molar-refractivity contribution in [1.29, 1.82) is 0 Å². The smallest absolute Gasteiger partial charge is 0.128 e. The third kappa shape index (κ3) is 3.04. The molecule has 0 saturated carbocycles. The topological polar surface area (TPSA) is 35.5 Å². The van der Waals surface area contributed by atoms with Crippen molar-refractivity contribution in [3.8, 4) is 0 Å². The van der Waals surface area contributed by atoms with E-state index in [1.807, 2.05) is 0 Å². The van der Waals surface area contributed by atoms with Gasteiger partial charge < -0.3 is 10.4 Å². The Balaban J connectivity index is 2.24. The average Bonchev–Trinajstić information content (AvgIpc) is 2.40. The molecule has 1 fully saturated rings. The lowest BCUT2D eigenvalue weighted by Gasteiger charge is -2.35. The van der Waals surface area contributed by atoms with Gasteiger partial charge >= 0.3 is 0 Å². The van der Waals surface area contributed by atoms with E-state index in [9.17, 15) is 8.78 Å². The highest BCUT2D eigenvalue weighted by Gasteiger charge is 2.24. The van der Waals surface area contributed by atoms with E-state index in [0.717, 1.165) is 38.3 Å². The highest BCUT2D eigenvalue weighted by Crippen LogP contribution is 2.27. The number of halogens is 2. The lowest BCUT2D eigenvalue weighted by atomic mass is 10.0. The molecule has 1 unspecified atom stereocenters. The lowest BCUT2D eigenvalue weighted by Crippen LogP contribution is -2.45. The van der Waals surface area contributed by atoms with E-state index in [-0.39, 0.29) is 12.6 Å². The van der Waals surface area contributed by atoms with Crippen LogP contribution in [0.3, 0.4) is 0 Å². The molecule has 1 aliphatic heterocycles. The van der Waals surface area contributed by atoms with E-state index in [0.29, 0.717) is 12.0 Å². The summed E-state index contributed by atoms with van der Waals surface area (Å²) >= 11 is 0. The van der Waals surface area contributed by atoms with Crippen LogP contribution in [0.25, 0.3) is 0 Å². The second-order valence-corrected chi connectivity index (χ2v) is 4.48. The molecule has 18 heavy (non-hydrogen) atoms. The zero-order valence-electron chi connectivity index (χ0n) is 10.2. The van der Waals surface area contributed by atoms with Crippen LogP contribution in [0.15, 0.2) is 18.2 Å². The molecule has 1 saturated heterocycles. The van der Waals surface area contributed by atoms with Gasteiger partial charge in [-0.25, -0.2) is 8.78 Å². The molecule has 1 aromatic rings. The fourth-order valence-electron chi connectivity index (χ4n) is 2.42. The quantitative estimate of drug-likeness (QED) is 0.852. The molecule has 0 spiro atoms. The van der Waals surface area contributed by atoms with E-state index in [4.69, 9.17) is 5.11 Å². The van der Waals surface area contributed by atoms with Gasteiger partial charge in [0.1, 0.15) is 11.6 Å². The molecule has 0 bridgehead atoms. The van der Waals surface area contributed by atoms with Gasteiger partial charge in [-0.05, 0) is 24.6 Å². The Morgan fingerprint density at radius 2 is 2.00 bits per heavy atom. The van der Waals surface area contributed by atoms with Gasteiger partial charge in [-0.15, -0.1) is 0 Å². The number of nitrogens with zero attached hydrogens (tertiary/aromatic N) is 1. The number of piperazine rings is 1. The van der Waals surface area contributed by atoms with E-state index >= 15 is 0 Å². The molecule has 1 aliphatic rings. The zero-order valence-corrected chi connectivity index (χ0v) is 10.2. The summed E-state index contributed by atoms with van der Waals surface area (Å²) in [6.45, 7) is 3.18. The summed E-state index contributed by atoms with van der Waals surface area (Å²) in [6.07, 6.45) is 0.417. The first-order valence-electron chi connectivity index (χ1n) is 6.23. The fourth-order valence-corrected chi connectivity index (χ4v) is 2.42. The van der Waals surface area contributed by atoms with E-state index < -0.39 is 11.6 Å². The molecule has 5 heteroatoms. The van der Waals surface area contributed by atoms with Crippen molar-refractivity contribution in [2.45, 2.75) is 12.5 Å². The van der Waals surface area contributed by atoms with Gasteiger partial charge in [0.05, 0.1) is 0 Å². The minimum absolute atomic E-state index is 0.0372. The largest absolute Gasteiger partial charge is 0.396 e. The normalized spacial score (nSPS) is 18.8. The number of rotatable bonds is 4. The first-order chi connectivity index (χ1) is 8.72. The molecule has 0 radical (unpaired) electrons. The standard InChI is InChI=1S/C13H18F2N2O/c14-10-1-2-12(15)11(9-10)13(3-8-18)17-6-4-16-5-7-17/h1-2,9,13,16,18H,3-8H2. The number of benzene rings is 1. The Labute approximate surface area is 105 Å². The van der Waals surface area contributed by atoms with Gasteiger partial charge in [0.25, 0.3) is 0 Å². The summed E-state index contributed by atoms with van der Waals surface area (Å²) in [4.78, 5) is 2.09. The number of nitrogens with one attached hydrogen (secondary N) is 1. The van der Waals surface area contributed by atoms with E-state index in [1.54, 1.807) is 0 Å². The second kappa shape index (κ2) is 6.22. The van der Waals surface area contributed by atoms with Crippen LogP contribution in [-0.2, 0) is 0 Å². The summed E-state index contributed by atoms with van der Waals surface area (Å²) < 4.78 is 27.1. The summed E-state index contributed by atoms with van der Waals surface area (Å²) in [5, 5.41) is 12.3. The van der Waals surface area contributed by atoms with Crippen LogP contribution >= 0.6 is 0 Å². The average molecular weight is 256 g/mol. The Kier molecular flexibility index (Phi) is 4.63. The molecule has 1 aromatic carbocycles. The minimum atomic E-state index is -0.440. The molecular weight excluding hydrogens is 238 g/mol. The maximum atomic E-state index is 13.8. The predicted molar refractivity (Wildman–Crippen MR) is 65.2 cm³/mol. The molecule has 0 aliphatic carbocycles. The summed E-state index contributed by atoms with van der Waals surface area (Å²) in [7, 11) is 0. The minimum Gasteiger partial charge on any atom is -0.396 e. The summed E-state index contributed by atoms with van der Waals surface area (Å²) in [6, 6.07) is 3.24. The third-order valence-electron chi connectivity index (χ3n) is 3.31. The van der Waals surface area contributed by atoms with Crippen molar-refractivity contribution < 1.29 is 13.9 Å². The molecule has 100 valence electrons. The Bertz CT molecular complexity index is 395. The van der Waals surface area contributed by atoms with Crippen molar-refractivity contribution >= 4 is 0 Å². The second-order valence-electron chi connectivity index (χ2n) is 4.48. The summed E-state index contributed by atoms with van der Waals surface area (Å²) in [5.41, 5.74) is 0.339. The van der Waals surface area contributed by atoms with Gasteiger partial charge in [0, 0.05) is 44.4 Å². The first-order valence-corrected chi connectivity index (χ1v) is 6.23. The maximum Gasteiger partial charge on any atom is 0.128 e. The number of aliphatic hydroxyl groups is 1. The number of aliphatic hydroxyl groups excluding tert-OH is 1. The molecule has 0 amide bonds. The third-order valence-corrected chi connectivity index (χ3v) is 3.31. The van der Waals surface area contributed by atoms with Gasteiger partial charge in [-0.2, -0.15) is 0 Å². The van der Waals surface area contributed by atoms with E-state index in [2.05, 4.69) is 10.2 Å². The van der Waals surface area contributed by atoms with Crippen molar-refractivity contribution in [3.63, 3.8) is 0 Å². The first kappa shape index (κ1) is 13.4. The Morgan fingerprint density at radius 3 is 2.67 bits per heavy atom. The Hall–Kier alpha value is -1.04. The monoisotopic (exact) mass is 256 g/mol. The molecule has 0 aromatic heterocycles. The van der Waals surface area contributed by atoms with Crippen LogP contribution in [0.2, 0.25) is 0 Å². The van der Waals surface area contributed by atoms with Crippen LogP contribution in [0.5, 0.6) is 0 Å². The Morgan fingerprint density at radius 1 is 1.28 bits per heavy atom. The molecule has 3 nitrogen and oxygen atoms in total. The van der Waals surface area contributed by atoms with Gasteiger partial charge in [-0.1, -0.05) is 0 Å². The van der Waals surface area contributed by atoms with Crippen molar-refractivity contribution in [2.24, 2.45) is 0 Å². The van der Waals surface area contributed by atoms with E-state index in [1.165, 1.54) is 6.07 Å². The van der Waals surface area contributed by atoms with Crippen LogP contribution in [0, 0.1) is 11.6 Å². The lowest BCUT2D eigenvalue weighted by molar-refractivity contribution is 0.138. The summed E-state index contributed by atoms with van der Waals surface area (Å²) in [5.74, 6) is -0.849. The fraction of sp³-hybridized carbons (Fsp3) is 0.538. The molecule has 1 atom stereocenters. The van der Waals surface area contributed by atoms with Gasteiger partial charge in [0.15, 0.2) is 0 Å². The van der Waals surface area contributed by atoms with Gasteiger partial charge in [-0.3, -0.25) is 4.90 Å². The van der Waals surface area contributed by atoms with Crippen molar-refractivity contribution in [2.75, 3.05) is 32.8 Å². The molecule has 1 heterocycles. The zero-order chi connectivity index (χ0) is 13.0. The predicted octanol–water partition coefficient (Wildman–Crippen LogP) is 1.29. The van der Waals surface area contributed by atoms with Gasteiger partial charge in [0.2, 0.25) is 0 Å². The maximum absolute atomic E-state index is 13.8. The molecule has 2 N–H and O–H groups in total. The van der Waals surface area contributed by atoms with Crippen molar-refractivity contribution in [1.82, 2.24) is 10.2 Å². The van der Waals surface area contributed by atoms with Crippen LogP contribution in [0.1, 0.15) is 18.0 Å². The van der Waals surface area contributed by atoms with Crippen LogP contribution in [0.4, 0.5) is 8.78 Å². The molecular formula is C13H18F2N2O. The number of hydrogen-bond acceptors (Lipinski definition) is 3. The number of hydrogen-bond donors (Lipinski definition) is 2. The highest BCUT2D eigenvalue weighted by atomic mass is 19.1.